The minimum atomic E-state index is 0.613. The molecule has 0 unspecified atom stereocenters. The van der Waals surface area contributed by atoms with Crippen molar-refractivity contribution in [1.29, 1.82) is 0 Å². The minimum Gasteiger partial charge on any atom is -0.357 e. The third kappa shape index (κ3) is 3.66. The van der Waals surface area contributed by atoms with Gasteiger partial charge in [-0.05, 0) is 55.5 Å². The highest BCUT2D eigenvalue weighted by Gasteiger charge is 2.19. The van der Waals surface area contributed by atoms with E-state index < -0.39 is 0 Å². The number of hydrogen-bond acceptors (Lipinski definition) is 3. The summed E-state index contributed by atoms with van der Waals surface area (Å²) in [6, 6.07) is 13.5. The lowest BCUT2D eigenvalue weighted by atomic mass is 10.0. The van der Waals surface area contributed by atoms with E-state index in [1.165, 1.54) is 29.5 Å². The summed E-state index contributed by atoms with van der Waals surface area (Å²) in [4.78, 5) is 6.83. The quantitative estimate of drug-likeness (QED) is 0.936. The van der Waals surface area contributed by atoms with Crippen LogP contribution in [-0.4, -0.2) is 24.1 Å². The monoisotopic (exact) mass is 295 g/mol. The van der Waals surface area contributed by atoms with E-state index in [4.69, 9.17) is 0 Å². The van der Waals surface area contributed by atoms with Crippen LogP contribution < -0.4 is 10.2 Å². The Labute approximate surface area is 133 Å². The highest BCUT2D eigenvalue weighted by Crippen LogP contribution is 2.18. The maximum absolute atomic E-state index is 4.44. The Balaban J connectivity index is 1.49. The van der Waals surface area contributed by atoms with Gasteiger partial charge >= 0.3 is 0 Å². The second-order valence-electron chi connectivity index (χ2n) is 6.25. The van der Waals surface area contributed by atoms with Crippen LogP contribution >= 0.6 is 0 Å². The van der Waals surface area contributed by atoms with Crippen molar-refractivity contribution in [3.8, 4) is 0 Å². The first-order chi connectivity index (χ1) is 10.7. The van der Waals surface area contributed by atoms with E-state index in [0.29, 0.717) is 6.04 Å². The van der Waals surface area contributed by atoms with Gasteiger partial charge in [-0.2, -0.15) is 0 Å². The number of rotatable bonds is 4. The van der Waals surface area contributed by atoms with Crippen molar-refractivity contribution in [3.05, 3.63) is 59.3 Å². The van der Waals surface area contributed by atoms with Crippen LogP contribution in [0.25, 0.3) is 0 Å². The number of anilines is 1. The Hall–Kier alpha value is -1.87. The molecule has 0 amide bonds. The van der Waals surface area contributed by atoms with Gasteiger partial charge in [0.15, 0.2) is 0 Å². The number of hydrogen-bond donors (Lipinski definition) is 1. The van der Waals surface area contributed by atoms with Crippen molar-refractivity contribution in [2.45, 2.75) is 39.3 Å². The Morgan fingerprint density at radius 1 is 1.09 bits per heavy atom. The minimum absolute atomic E-state index is 0.613. The van der Waals surface area contributed by atoms with Crippen LogP contribution in [0, 0.1) is 13.8 Å². The topological polar surface area (TPSA) is 28.2 Å². The maximum Gasteiger partial charge on any atom is 0.128 e. The first-order valence-electron chi connectivity index (χ1n) is 8.18. The van der Waals surface area contributed by atoms with Gasteiger partial charge in [0.05, 0.1) is 0 Å². The standard InChI is InChI=1S/C19H25N3/c1-15-6-7-17(13-16(15)2)14-21-18-8-11-22(12-9-18)19-5-3-4-10-20-19/h3-7,10,13,18,21H,8-9,11-12,14H2,1-2H3. The molecule has 2 aromatic rings. The van der Waals surface area contributed by atoms with Crippen LogP contribution in [0.5, 0.6) is 0 Å². The number of piperidine rings is 1. The summed E-state index contributed by atoms with van der Waals surface area (Å²) in [5.41, 5.74) is 4.13. The van der Waals surface area contributed by atoms with Gasteiger partial charge in [-0.1, -0.05) is 24.3 Å². The molecule has 2 heterocycles. The van der Waals surface area contributed by atoms with Crippen LogP contribution in [0.4, 0.5) is 5.82 Å². The molecule has 0 saturated carbocycles. The average molecular weight is 295 g/mol. The molecule has 1 aromatic carbocycles. The van der Waals surface area contributed by atoms with Gasteiger partial charge in [0.1, 0.15) is 5.82 Å². The van der Waals surface area contributed by atoms with Crippen LogP contribution in [0.1, 0.15) is 29.5 Å². The van der Waals surface area contributed by atoms with E-state index in [9.17, 15) is 0 Å². The van der Waals surface area contributed by atoms with Crippen LogP contribution in [0.2, 0.25) is 0 Å². The molecule has 0 aliphatic carbocycles. The first kappa shape index (κ1) is 15.0. The van der Waals surface area contributed by atoms with Crippen molar-refractivity contribution < 1.29 is 0 Å². The molecule has 3 nitrogen and oxygen atoms in total. The summed E-state index contributed by atoms with van der Waals surface area (Å²) in [5.74, 6) is 1.11. The zero-order chi connectivity index (χ0) is 15.4. The molecule has 1 aliphatic rings. The summed E-state index contributed by atoms with van der Waals surface area (Å²) < 4.78 is 0. The molecular weight excluding hydrogens is 270 g/mol. The van der Waals surface area contributed by atoms with Gasteiger partial charge in [0, 0.05) is 31.9 Å². The van der Waals surface area contributed by atoms with E-state index in [2.05, 4.69) is 59.4 Å². The normalized spacial score (nSPS) is 16.0. The Kier molecular flexibility index (Phi) is 4.74. The number of pyridine rings is 1. The Bertz CT molecular complexity index is 601. The second-order valence-corrected chi connectivity index (χ2v) is 6.25. The van der Waals surface area contributed by atoms with Crippen molar-refractivity contribution >= 4 is 5.82 Å². The summed E-state index contributed by atoms with van der Waals surface area (Å²) in [6.07, 6.45) is 4.24. The molecule has 0 bridgehead atoms. The number of nitrogens with one attached hydrogen (secondary N) is 1. The highest BCUT2D eigenvalue weighted by molar-refractivity contribution is 5.38. The van der Waals surface area contributed by atoms with E-state index in [1.54, 1.807) is 0 Å². The van der Waals surface area contributed by atoms with Gasteiger partial charge in [-0.3, -0.25) is 0 Å². The van der Waals surface area contributed by atoms with Crippen LogP contribution in [-0.2, 0) is 6.54 Å². The zero-order valence-electron chi connectivity index (χ0n) is 13.5. The second kappa shape index (κ2) is 6.93. The Morgan fingerprint density at radius 3 is 2.59 bits per heavy atom. The van der Waals surface area contributed by atoms with Gasteiger partial charge < -0.3 is 10.2 Å². The summed E-state index contributed by atoms with van der Waals surface area (Å²) in [5, 5.41) is 3.71. The lowest BCUT2D eigenvalue weighted by molar-refractivity contribution is 0.412. The SMILES string of the molecule is Cc1ccc(CNC2CCN(c3ccccn3)CC2)cc1C. The lowest BCUT2D eigenvalue weighted by Gasteiger charge is -2.33. The summed E-state index contributed by atoms with van der Waals surface area (Å²) in [7, 11) is 0. The molecule has 1 aliphatic heterocycles. The number of aromatic nitrogens is 1. The maximum atomic E-state index is 4.44. The van der Waals surface area contributed by atoms with Gasteiger partial charge in [0.25, 0.3) is 0 Å². The number of aryl methyl sites for hydroxylation is 2. The van der Waals surface area contributed by atoms with E-state index in [1.807, 2.05) is 12.3 Å². The predicted octanol–water partition coefficient (Wildman–Crippen LogP) is 3.46. The first-order valence-corrected chi connectivity index (χ1v) is 8.18. The summed E-state index contributed by atoms with van der Waals surface area (Å²) in [6.45, 7) is 7.49. The fraction of sp³-hybridized carbons (Fsp3) is 0.421. The highest BCUT2D eigenvalue weighted by atomic mass is 15.2. The molecule has 3 rings (SSSR count). The van der Waals surface area contributed by atoms with Gasteiger partial charge in [-0.25, -0.2) is 4.98 Å². The zero-order valence-corrected chi connectivity index (χ0v) is 13.5. The average Bonchev–Trinajstić information content (AvgIpc) is 2.57. The number of nitrogens with zero attached hydrogens (tertiary/aromatic N) is 2. The molecule has 1 N–H and O–H groups in total. The van der Waals surface area contributed by atoms with Gasteiger partial charge in [0.2, 0.25) is 0 Å². The molecule has 1 saturated heterocycles. The predicted molar refractivity (Wildman–Crippen MR) is 92.2 cm³/mol. The van der Waals surface area contributed by atoms with Crippen molar-refractivity contribution in [2.75, 3.05) is 18.0 Å². The molecule has 1 aromatic heterocycles. The number of benzene rings is 1. The molecule has 116 valence electrons. The molecule has 3 heteroatoms. The summed E-state index contributed by atoms with van der Waals surface area (Å²) >= 11 is 0. The van der Waals surface area contributed by atoms with E-state index in [0.717, 1.165) is 25.5 Å². The molecule has 1 fully saturated rings. The molecule has 22 heavy (non-hydrogen) atoms. The van der Waals surface area contributed by atoms with E-state index >= 15 is 0 Å². The third-order valence-electron chi connectivity index (χ3n) is 4.63. The van der Waals surface area contributed by atoms with Crippen molar-refractivity contribution in [3.63, 3.8) is 0 Å². The van der Waals surface area contributed by atoms with Crippen molar-refractivity contribution in [2.24, 2.45) is 0 Å². The lowest BCUT2D eigenvalue weighted by Crippen LogP contribution is -2.42. The third-order valence-corrected chi connectivity index (χ3v) is 4.63. The fourth-order valence-electron chi connectivity index (χ4n) is 3.03. The van der Waals surface area contributed by atoms with Crippen molar-refractivity contribution in [1.82, 2.24) is 10.3 Å². The molecule has 0 spiro atoms. The smallest absolute Gasteiger partial charge is 0.128 e. The Morgan fingerprint density at radius 2 is 1.91 bits per heavy atom. The van der Waals surface area contributed by atoms with Gasteiger partial charge in [-0.15, -0.1) is 0 Å². The van der Waals surface area contributed by atoms with Crippen LogP contribution in [0.15, 0.2) is 42.6 Å². The fourth-order valence-corrected chi connectivity index (χ4v) is 3.03. The van der Waals surface area contributed by atoms with Crippen LogP contribution in [0.3, 0.4) is 0 Å². The van der Waals surface area contributed by atoms with E-state index in [-0.39, 0.29) is 0 Å². The molecule has 0 atom stereocenters. The molecule has 0 radical (unpaired) electrons. The molecular formula is C19H25N3. The largest absolute Gasteiger partial charge is 0.357 e.